The van der Waals surface area contributed by atoms with Crippen molar-refractivity contribution in [3.63, 3.8) is 0 Å². The number of benzene rings is 2. The summed E-state index contributed by atoms with van der Waals surface area (Å²) in [6, 6.07) is 10.7. The van der Waals surface area contributed by atoms with Gasteiger partial charge in [0.15, 0.2) is 12.8 Å². The summed E-state index contributed by atoms with van der Waals surface area (Å²) in [6.07, 6.45) is 0.774. The molecule has 2 N–H and O–H groups in total. The number of aliphatic imine (C=N–C) groups is 1. The van der Waals surface area contributed by atoms with Gasteiger partial charge >= 0.3 is 0 Å². The molecule has 3 rings (SSSR count). The van der Waals surface area contributed by atoms with Gasteiger partial charge in [0.2, 0.25) is 0 Å². The van der Waals surface area contributed by atoms with Crippen LogP contribution in [0.15, 0.2) is 41.4 Å². The minimum absolute atomic E-state index is 0. The molecule has 0 atom stereocenters. The molecule has 0 bridgehead atoms. The first-order valence-corrected chi connectivity index (χ1v) is 8.75. The van der Waals surface area contributed by atoms with Crippen molar-refractivity contribution in [3.05, 3.63) is 63.9 Å². The van der Waals surface area contributed by atoms with Crippen LogP contribution in [0.25, 0.3) is 0 Å². The smallest absolute Gasteiger partial charge is 0.191 e. The summed E-state index contributed by atoms with van der Waals surface area (Å²) in [5.74, 6) is 0.995. The third kappa shape index (κ3) is 5.95. The highest BCUT2D eigenvalue weighted by atomic mass is 127. The number of guanidine groups is 1. The third-order valence-electron chi connectivity index (χ3n) is 4.07. The minimum Gasteiger partial charge on any atom is -0.467 e. The molecule has 2 aromatic carbocycles. The average molecular weight is 506 g/mol. The number of ether oxygens (including phenoxy) is 2. The fourth-order valence-corrected chi connectivity index (χ4v) is 3.03. The zero-order chi connectivity index (χ0) is 18.4. The highest BCUT2D eigenvalue weighted by Gasteiger charge is 2.17. The van der Waals surface area contributed by atoms with E-state index >= 15 is 0 Å². The lowest BCUT2D eigenvalue weighted by Crippen LogP contribution is -2.38. The average Bonchev–Trinajstić information content (AvgIpc) is 2.65. The van der Waals surface area contributed by atoms with Crippen molar-refractivity contribution in [2.75, 3.05) is 20.4 Å². The molecule has 1 aliphatic heterocycles. The standard InChI is InChI=1S/C19H21ClFN3O2.HI/c1-22-19(23-7-6-13-4-2-3-5-17(13)20)24-10-14-8-16(21)9-15-11-25-12-26-18(14)15;/h2-5,8-9H,6-7,10-12H2,1H3,(H2,22,23,24);1H. The first-order valence-electron chi connectivity index (χ1n) is 8.37. The molecule has 146 valence electrons. The lowest BCUT2D eigenvalue weighted by atomic mass is 10.1. The van der Waals surface area contributed by atoms with Crippen molar-refractivity contribution in [2.24, 2.45) is 4.99 Å². The molecule has 0 amide bonds. The number of rotatable bonds is 5. The Kier molecular flexibility index (Phi) is 8.59. The molecule has 2 aromatic rings. The zero-order valence-corrected chi connectivity index (χ0v) is 18.0. The van der Waals surface area contributed by atoms with Crippen LogP contribution in [0.2, 0.25) is 5.02 Å². The summed E-state index contributed by atoms with van der Waals surface area (Å²) in [5, 5.41) is 7.17. The summed E-state index contributed by atoms with van der Waals surface area (Å²) in [6.45, 7) is 1.60. The second-order valence-electron chi connectivity index (χ2n) is 5.86. The largest absolute Gasteiger partial charge is 0.467 e. The van der Waals surface area contributed by atoms with Crippen LogP contribution < -0.4 is 15.4 Å². The Morgan fingerprint density at radius 2 is 2.04 bits per heavy atom. The number of nitrogens with zero attached hydrogens (tertiary/aromatic N) is 1. The van der Waals surface area contributed by atoms with Gasteiger partial charge in [-0.1, -0.05) is 29.8 Å². The second kappa shape index (κ2) is 10.7. The molecule has 0 radical (unpaired) electrons. The van der Waals surface area contributed by atoms with E-state index in [0.29, 0.717) is 31.4 Å². The van der Waals surface area contributed by atoms with Crippen LogP contribution in [0.1, 0.15) is 16.7 Å². The Morgan fingerprint density at radius 1 is 1.22 bits per heavy atom. The molecule has 0 unspecified atom stereocenters. The minimum atomic E-state index is -0.309. The van der Waals surface area contributed by atoms with E-state index in [1.807, 2.05) is 24.3 Å². The van der Waals surface area contributed by atoms with Crippen LogP contribution in [0, 0.1) is 5.82 Å². The number of fused-ring (bicyclic) bond motifs is 1. The SMILES string of the molecule is CN=C(NCCc1ccccc1Cl)NCc1cc(F)cc2c1OCOC2.I. The van der Waals surface area contributed by atoms with Gasteiger partial charge in [0.1, 0.15) is 11.6 Å². The fourth-order valence-electron chi connectivity index (χ4n) is 2.80. The molecule has 0 aromatic heterocycles. The van der Waals surface area contributed by atoms with Gasteiger partial charge in [-0.2, -0.15) is 0 Å². The van der Waals surface area contributed by atoms with E-state index in [-0.39, 0.29) is 36.6 Å². The van der Waals surface area contributed by atoms with E-state index < -0.39 is 0 Å². The predicted octanol–water partition coefficient (Wildman–Crippen LogP) is 3.87. The number of halogens is 3. The first kappa shape index (κ1) is 21.7. The number of hydrogen-bond acceptors (Lipinski definition) is 3. The lowest BCUT2D eigenvalue weighted by molar-refractivity contribution is -0.0172. The topological polar surface area (TPSA) is 54.9 Å². The zero-order valence-electron chi connectivity index (χ0n) is 14.9. The summed E-state index contributed by atoms with van der Waals surface area (Å²) in [5.41, 5.74) is 2.52. The van der Waals surface area contributed by atoms with Crippen molar-refractivity contribution < 1.29 is 13.9 Å². The molecule has 0 fully saturated rings. The predicted molar refractivity (Wildman–Crippen MR) is 115 cm³/mol. The van der Waals surface area contributed by atoms with Gasteiger partial charge < -0.3 is 20.1 Å². The highest BCUT2D eigenvalue weighted by Crippen LogP contribution is 2.29. The summed E-state index contributed by atoms with van der Waals surface area (Å²) in [4.78, 5) is 4.19. The van der Waals surface area contributed by atoms with Crippen molar-refractivity contribution >= 4 is 41.5 Å². The maximum absolute atomic E-state index is 13.8. The van der Waals surface area contributed by atoms with Crippen LogP contribution in [0.4, 0.5) is 4.39 Å². The Bertz CT molecular complexity index is 805. The van der Waals surface area contributed by atoms with Crippen molar-refractivity contribution in [3.8, 4) is 5.75 Å². The van der Waals surface area contributed by atoms with Gasteiger partial charge in [-0.05, 0) is 30.2 Å². The maximum Gasteiger partial charge on any atom is 0.191 e. The Hall–Kier alpha value is -1.58. The maximum atomic E-state index is 13.8. The first-order chi connectivity index (χ1) is 12.7. The fraction of sp³-hybridized carbons (Fsp3) is 0.316. The van der Waals surface area contributed by atoms with E-state index in [4.69, 9.17) is 21.1 Å². The summed E-state index contributed by atoms with van der Waals surface area (Å²) in [7, 11) is 1.69. The van der Waals surface area contributed by atoms with E-state index in [9.17, 15) is 4.39 Å². The van der Waals surface area contributed by atoms with Crippen LogP contribution in [-0.4, -0.2) is 26.3 Å². The van der Waals surface area contributed by atoms with E-state index in [0.717, 1.165) is 28.1 Å². The monoisotopic (exact) mass is 505 g/mol. The molecule has 8 heteroatoms. The number of hydrogen-bond donors (Lipinski definition) is 2. The third-order valence-corrected chi connectivity index (χ3v) is 4.43. The molecule has 0 spiro atoms. The normalized spacial score (nSPS) is 13.2. The van der Waals surface area contributed by atoms with Gasteiger partial charge in [-0.25, -0.2) is 4.39 Å². The molecule has 5 nitrogen and oxygen atoms in total. The van der Waals surface area contributed by atoms with Crippen molar-refractivity contribution in [1.82, 2.24) is 10.6 Å². The Balaban J connectivity index is 0.00000261. The quantitative estimate of drug-likeness (QED) is 0.368. The van der Waals surface area contributed by atoms with Gasteiger partial charge in [0, 0.05) is 36.3 Å². The molecular formula is C19H22ClFIN3O2. The van der Waals surface area contributed by atoms with Gasteiger partial charge in [0.25, 0.3) is 0 Å². The van der Waals surface area contributed by atoms with E-state index in [2.05, 4.69) is 15.6 Å². The lowest BCUT2D eigenvalue weighted by Gasteiger charge is -2.21. The van der Waals surface area contributed by atoms with Crippen LogP contribution in [-0.2, 0) is 24.3 Å². The molecular weight excluding hydrogens is 484 g/mol. The van der Waals surface area contributed by atoms with Crippen molar-refractivity contribution in [1.29, 1.82) is 0 Å². The van der Waals surface area contributed by atoms with E-state index in [1.54, 1.807) is 7.05 Å². The molecule has 0 saturated carbocycles. The van der Waals surface area contributed by atoms with Gasteiger partial charge in [-0.3, -0.25) is 4.99 Å². The molecule has 1 heterocycles. The molecule has 27 heavy (non-hydrogen) atoms. The second-order valence-corrected chi connectivity index (χ2v) is 6.26. The van der Waals surface area contributed by atoms with Crippen LogP contribution >= 0.6 is 35.6 Å². The summed E-state index contributed by atoms with van der Waals surface area (Å²) >= 11 is 6.16. The summed E-state index contributed by atoms with van der Waals surface area (Å²) < 4.78 is 24.5. The molecule has 1 aliphatic rings. The highest BCUT2D eigenvalue weighted by molar-refractivity contribution is 14.0. The molecule has 0 aliphatic carbocycles. The van der Waals surface area contributed by atoms with Crippen LogP contribution in [0.5, 0.6) is 5.75 Å². The van der Waals surface area contributed by atoms with Gasteiger partial charge in [-0.15, -0.1) is 24.0 Å². The van der Waals surface area contributed by atoms with Crippen LogP contribution in [0.3, 0.4) is 0 Å². The Labute approximate surface area is 180 Å². The van der Waals surface area contributed by atoms with Gasteiger partial charge in [0.05, 0.1) is 6.61 Å². The Morgan fingerprint density at radius 3 is 2.81 bits per heavy atom. The molecule has 0 saturated heterocycles. The number of nitrogens with one attached hydrogen (secondary N) is 2. The van der Waals surface area contributed by atoms with E-state index in [1.165, 1.54) is 12.1 Å². The van der Waals surface area contributed by atoms with Crippen molar-refractivity contribution in [2.45, 2.75) is 19.6 Å².